The van der Waals surface area contributed by atoms with Crippen molar-refractivity contribution in [1.29, 1.82) is 0 Å². The van der Waals surface area contributed by atoms with E-state index in [1.807, 2.05) is 6.07 Å². The van der Waals surface area contributed by atoms with Gasteiger partial charge < -0.3 is 4.90 Å². The molecule has 2 fully saturated rings. The van der Waals surface area contributed by atoms with Gasteiger partial charge in [0, 0.05) is 31.9 Å². The molecule has 22 heavy (non-hydrogen) atoms. The van der Waals surface area contributed by atoms with Crippen molar-refractivity contribution in [3.05, 3.63) is 18.3 Å². The first-order valence-electron chi connectivity index (χ1n) is 8.32. The maximum atomic E-state index is 12.6. The molecule has 2 aliphatic heterocycles. The van der Waals surface area contributed by atoms with Gasteiger partial charge in [-0.3, -0.25) is 0 Å². The Morgan fingerprint density at radius 2 is 1.77 bits per heavy atom. The smallest absolute Gasteiger partial charge is 0.244 e. The highest BCUT2D eigenvalue weighted by atomic mass is 32.2. The van der Waals surface area contributed by atoms with Crippen molar-refractivity contribution in [3.63, 3.8) is 0 Å². The van der Waals surface area contributed by atoms with Crippen LogP contribution < -0.4 is 4.90 Å². The number of piperidine rings is 2. The van der Waals surface area contributed by atoms with Crippen molar-refractivity contribution in [2.75, 3.05) is 24.5 Å². The van der Waals surface area contributed by atoms with E-state index in [1.165, 1.54) is 25.5 Å². The summed E-state index contributed by atoms with van der Waals surface area (Å²) in [5.41, 5.74) is 0. The number of hydrogen-bond donors (Lipinski definition) is 0. The molecule has 0 spiro atoms. The molecule has 0 bridgehead atoms. The quantitative estimate of drug-likeness (QED) is 0.858. The normalized spacial score (nSPS) is 24.4. The number of pyridine rings is 1. The maximum absolute atomic E-state index is 12.6. The second kappa shape index (κ2) is 6.54. The Bertz CT molecular complexity index is 594. The molecule has 3 rings (SSSR count). The highest BCUT2D eigenvalue weighted by Crippen LogP contribution is 2.25. The number of anilines is 1. The minimum absolute atomic E-state index is 0.322. The molecule has 5 nitrogen and oxygen atoms in total. The summed E-state index contributed by atoms with van der Waals surface area (Å²) in [7, 11) is -3.37. The fourth-order valence-electron chi connectivity index (χ4n) is 3.39. The molecule has 1 atom stereocenters. The van der Waals surface area contributed by atoms with Crippen molar-refractivity contribution >= 4 is 15.8 Å². The molecule has 2 saturated heterocycles. The fraction of sp³-hybridized carbons (Fsp3) is 0.688. The fourth-order valence-corrected chi connectivity index (χ4v) is 4.85. The average molecular weight is 323 g/mol. The zero-order chi connectivity index (χ0) is 15.6. The third-order valence-corrected chi connectivity index (χ3v) is 6.65. The standard InChI is InChI=1S/C16H25N3O2S/c1-14-7-3-6-12-19(14)16-9-8-15(13-17-16)22(20,21)18-10-4-2-5-11-18/h8-9,13-14H,2-7,10-12H2,1H3/t14-/m1/s1. The van der Waals surface area contributed by atoms with E-state index < -0.39 is 10.0 Å². The summed E-state index contributed by atoms with van der Waals surface area (Å²) in [6.45, 7) is 4.48. The Hall–Kier alpha value is -1.14. The van der Waals surface area contributed by atoms with Gasteiger partial charge in [-0.25, -0.2) is 13.4 Å². The van der Waals surface area contributed by atoms with Crippen LogP contribution in [0.3, 0.4) is 0 Å². The van der Waals surface area contributed by atoms with Crippen LogP contribution in [0.2, 0.25) is 0 Å². The average Bonchev–Trinajstić information content (AvgIpc) is 2.56. The Balaban J connectivity index is 1.78. The molecule has 0 N–H and O–H groups in total. The summed E-state index contributed by atoms with van der Waals surface area (Å²) in [6, 6.07) is 4.05. The summed E-state index contributed by atoms with van der Waals surface area (Å²) in [6.07, 6.45) is 8.18. The van der Waals surface area contributed by atoms with Crippen LogP contribution in [-0.2, 0) is 10.0 Å². The lowest BCUT2D eigenvalue weighted by Gasteiger charge is -2.34. The van der Waals surface area contributed by atoms with Gasteiger partial charge in [0.05, 0.1) is 0 Å². The van der Waals surface area contributed by atoms with Crippen molar-refractivity contribution in [3.8, 4) is 0 Å². The lowest BCUT2D eigenvalue weighted by atomic mass is 10.0. The van der Waals surface area contributed by atoms with E-state index in [1.54, 1.807) is 10.4 Å². The maximum Gasteiger partial charge on any atom is 0.244 e. The van der Waals surface area contributed by atoms with Gasteiger partial charge in [0.2, 0.25) is 10.0 Å². The molecule has 2 aliphatic rings. The summed E-state index contributed by atoms with van der Waals surface area (Å²) in [4.78, 5) is 7.03. The number of nitrogens with zero attached hydrogens (tertiary/aromatic N) is 3. The highest BCUT2D eigenvalue weighted by molar-refractivity contribution is 7.89. The second-order valence-electron chi connectivity index (χ2n) is 6.36. The minimum Gasteiger partial charge on any atom is -0.354 e. The summed E-state index contributed by atoms with van der Waals surface area (Å²) < 4.78 is 26.8. The van der Waals surface area contributed by atoms with Gasteiger partial charge in [-0.05, 0) is 51.2 Å². The minimum atomic E-state index is -3.37. The molecular weight excluding hydrogens is 298 g/mol. The first-order valence-corrected chi connectivity index (χ1v) is 9.76. The molecule has 122 valence electrons. The Morgan fingerprint density at radius 1 is 1.05 bits per heavy atom. The molecule has 1 aromatic rings. The van der Waals surface area contributed by atoms with Crippen molar-refractivity contribution in [2.45, 2.75) is 56.4 Å². The van der Waals surface area contributed by atoms with Crippen LogP contribution in [0.25, 0.3) is 0 Å². The van der Waals surface area contributed by atoms with Gasteiger partial charge in [0.15, 0.2) is 0 Å². The first-order chi connectivity index (χ1) is 10.6. The predicted molar refractivity (Wildman–Crippen MR) is 87.5 cm³/mol. The van der Waals surface area contributed by atoms with Crippen molar-refractivity contribution in [1.82, 2.24) is 9.29 Å². The van der Waals surface area contributed by atoms with E-state index in [0.717, 1.165) is 31.6 Å². The lowest BCUT2D eigenvalue weighted by molar-refractivity contribution is 0.346. The van der Waals surface area contributed by atoms with Crippen LogP contribution in [-0.4, -0.2) is 43.4 Å². The third-order valence-electron chi connectivity index (χ3n) is 4.77. The van der Waals surface area contributed by atoms with E-state index in [-0.39, 0.29) is 0 Å². The number of hydrogen-bond acceptors (Lipinski definition) is 4. The Morgan fingerprint density at radius 3 is 2.41 bits per heavy atom. The molecule has 0 aliphatic carbocycles. The van der Waals surface area contributed by atoms with Gasteiger partial charge in [-0.15, -0.1) is 0 Å². The van der Waals surface area contributed by atoms with Crippen molar-refractivity contribution < 1.29 is 8.42 Å². The van der Waals surface area contributed by atoms with E-state index in [4.69, 9.17) is 0 Å². The molecule has 1 aromatic heterocycles. The second-order valence-corrected chi connectivity index (χ2v) is 8.29. The number of sulfonamides is 1. The zero-order valence-electron chi connectivity index (χ0n) is 13.2. The molecule has 6 heteroatoms. The Kier molecular flexibility index (Phi) is 4.68. The first kappa shape index (κ1) is 15.7. The largest absolute Gasteiger partial charge is 0.354 e. The molecule has 0 saturated carbocycles. The molecule has 0 radical (unpaired) electrons. The Labute approximate surface area is 133 Å². The van der Waals surface area contributed by atoms with E-state index in [9.17, 15) is 8.42 Å². The molecule has 0 aromatic carbocycles. The zero-order valence-corrected chi connectivity index (χ0v) is 14.1. The van der Waals surface area contributed by atoms with Gasteiger partial charge in [-0.2, -0.15) is 4.31 Å². The van der Waals surface area contributed by atoms with Crippen LogP contribution in [0.1, 0.15) is 45.4 Å². The van der Waals surface area contributed by atoms with Crippen LogP contribution in [0.15, 0.2) is 23.2 Å². The van der Waals surface area contributed by atoms with Gasteiger partial charge in [0.25, 0.3) is 0 Å². The summed E-state index contributed by atoms with van der Waals surface area (Å²) >= 11 is 0. The van der Waals surface area contributed by atoms with E-state index in [2.05, 4.69) is 16.8 Å². The lowest BCUT2D eigenvalue weighted by Crippen LogP contribution is -2.38. The predicted octanol–water partition coefficient (Wildman–Crippen LogP) is 2.64. The van der Waals surface area contributed by atoms with Crippen LogP contribution in [0.4, 0.5) is 5.82 Å². The van der Waals surface area contributed by atoms with Gasteiger partial charge in [-0.1, -0.05) is 6.42 Å². The highest BCUT2D eigenvalue weighted by Gasteiger charge is 2.27. The van der Waals surface area contributed by atoms with E-state index in [0.29, 0.717) is 24.0 Å². The van der Waals surface area contributed by atoms with Crippen LogP contribution in [0, 0.1) is 0 Å². The van der Waals surface area contributed by atoms with Gasteiger partial charge >= 0.3 is 0 Å². The monoisotopic (exact) mass is 323 g/mol. The topological polar surface area (TPSA) is 53.5 Å². The van der Waals surface area contributed by atoms with E-state index >= 15 is 0 Å². The SMILES string of the molecule is C[C@@H]1CCCCN1c1ccc(S(=O)(=O)N2CCCCC2)cn1. The molecule has 0 amide bonds. The number of rotatable bonds is 3. The molecule has 3 heterocycles. The van der Waals surface area contributed by atoms with Crippen molar-refractivity contribution in [2.24, 2.45) is 0 Å². The summed E-state index contributed by atoms with van der Waals surface area (Å²) in [5.74, 6) is 0.893. The molecular formula is C16H25N3O2S. The van der Waals surface area contributed by atoms with Crippen LogP contribution >= 0.6 is 0 Å². The summed E-state index contributed by atoms with van der Waals surface area (Å²) in [5, 5.41) is 0. The third kappa shape index (κ3) is 3.13. The molecule has 0 unspecified atom stereocenters. The van der Waals surface area contributed by atoms with Crippen LogP contribution in [0.5, 0.6) is 0 Å². The van der Waals surface area contributed by atoms with Gasteiger partial charge in [0.1, 0.15) is 10.7 Å². The number of aromatic nitrogens is 1.